The highest BCUT2D eigenvalue weighted by molar-refractivity contribution is 5.79. The van der Waals surface area contributed by atoms with E-state index in [1.807, 2.05) is 20.8 Å². The third-order valence-electron chi connectivity index (χ3n) is 7.30. The normalized spacial score (nSPS) is 21.9. The van der Waals surface area contributed by atoms with E-state index in [0.717, 1.165) is 81.5 Å². The van der Waals surface area contributed by atoms with Gasteiger partial charge in [-0.3, -0.25) is 4.79 Å². The molecule has 2 saturated heterocycles. The number of hydrogen-bond donors (Lipinski definition) is 2. The van der Waals surface area contributed by atoms with E-state index in [1.54, 1.807) is 0 Å². The van der Waals surface area contributed by atoms with Crippen LogP contribution < -0.4 is 5.73 Å². The summed E-state index contributed by atoms with van der Waals surface area (Å²) in [6, 6.07) is 4.79. The molecule has 2 fully saturated rings. The Morgan fingerprint density at radius 2 is 1.72 bits per heavy atom. The zero-order valence-corrected chi connectivity index (χ0v) is 18.7. The van der Waals surface area contributed by atoms with Crippen LogP contribution in [0.3, 0.4) is 0 Å². The number of anilines is 1. The van der Waals surface area contributed by atoms with Gasteiger partial charge in [0.15, 0.2) is 0 Å². The SMILES string of the molecule is CCC1(O)CCN(C2CCN(C(=O)[C@H](C)Cc3cc(C)c(N)c(C)c3)CC2)CC1. The van der Waals surface area contributed by atoms with Gasteiger partial charge in [0, 0.05) is 43.8 Å². The molecule has 0 unspecified atom stereocenters. The molecule has 162 valence electrons. The third-order valence-corrected chi connectivity index (χ3v) is 7.30. The molecule has 0 spiro atoms. The second kappa shape index (κ2) is 9.05. The summed E-state index contributed by atoms with van der Waals surface area (Å²) < 4.78 is 0. The standard InChI is InChI=1S/C24H39N3O2/c1-5-24(29)8-12-26(13-9-24)21-6-10-27(11-7-21)23(28)19(4)16-20-14-17(2)22(25)18(3)15-20/h14-15,19,21,29H,5-13,16,25H2,1-4H3/t19-/m1/s1. The fraction of sp³-hybridized carbons (Fsp3) is 0.708. The molecule has 5 nitrogen and oxygen atoms in total. The molecule has 2 aliphatic heterocycles. The number of piperidine rings is 2. The molecule has 1 atom stereocenters. The number of nitrogens with two attached hydrogens (primary N) is 1. The molecule has 0 aliphatic carbocycles. The summed E-state index contributed by atoms with van der Waals surface area (Å²) in [6.45, 7) is 11.9. The van der Waals surface area contributed by atoms with Crippen LogP contribution in [0.15, 0.2) is 12.1 Å². The Bertz CT molecular complexity index is 694. The molecule has 1 amide bonds. The highest BCUT2D eigenvalue weighted by Gasteiger charge is 2.35. The lowest BCUT2D eigenvalue weighted by atomic mass is 9.87. The maximum absolute atomic E-state index is 13.0. The molecule has 1 aromatic rings. The van der Waals surface area contributed by atoms with Gasteiger partial charge in [-0.25, -0.2) is 0 Å². The van der Waals surface area contributed by atoms with Crippen molar-refractivity contribution >= 4 is 11.6 Å². The van der Waals surface area contributed by atoms with Crippen molar-refractivity contribution in [3.8, 4) is 0 Å². The number of aliphatic hydroxyl groups is 1. The predicted molar refractivity (Wildman–Crippen MR) is 119 cm³/mol. The summed E-state index contributed by atoms with van der Waals surface area (Å²) >= 11 is 0. The van der Waals surface area contributed by atoms with Crippen LogP contribution in [0.25, 0.3) is 0 Å². The lowest BCUT2D eigenvalue weighted by Gasteiger charge is -2.44. The lowest BCUT2D eigenvalue weighted by molar-refractivity contribution is -0.136. The molecule has 2 aliphatic rings. The molecule has 0 bridgehead atoms. The molecular formula is C24H39N3O2. The molecule has 5 heteroatoms. The monoisotopic (exact) mass is 401 g/mol. The third kappa shape index (κ3) is 5.13. The Hall–Kier alpha value is -1.59. The van der Waals surface area contributed by atoms with Crippen molar-refractivity contribution in [2.24, 2.45) is 5.92 Å². The molecule has 1 aromatic carbocycles. The fourth-order valence-corrected chi connectivity index (χ4v) is 5.05. The maximum atomic E-state index is 13.0. The summed E-state index contributed by atoms with van der Waals surface area (Å²) in [5.74, 6) is 0.262. The molecule has 29 heavy (non-hydrogen) atoms. The van der Waals surface area contributed by atoms with Crippen LogP contribution in [0.5, 0.6) is 0 Å². The van der Waals surface area contributed by atoms with Crippen LogP contribution >= 0.6 is 0 Å². The summed E-state index contributed by atoms with van der Waals surface area (Å²) in [4.78, 5) is 17.6. The Morgan fingerprint density at radius 3 is 2.24 bits per heavy atom. The van der Waals surface area contributed by atoms with Crippen LogP contribution in [-0.4, -0.2) is 58.6 Å². The zero-order chi connectivity index (χ0) is 21.2. The molecule has 2 heterocycles. The Balaban J connectivity index is 1.50. The second-order valence-electron chi connectivity index (χ2n) is 9.42. The topological polar surface area (TPSA) is 69.8 Å². The first-order valence-electron chi connectivity index (χ1n) is 11.3. The van der Waals surface area contributed by atoms with Gasteiger partial charge in [0.2, 0.25) is 5.91 Å². The molecule has 0 saturated carbocycles. The highest BCUT2D eigenvalue weighted by Crippen LogP contribution is 2.29. The van der Waals surface area contributed by atoms with E-state index in [1.165, 1.54) is 5.56 Å². The number of benzene rings is 1. The summed E-state index contributed by atoms with van der Waals surface area (Å²) in [7, 11) is 0. The van der Waals surface area contributed by atoms with Crippen LogP contribution in [0.2, 0.25) is 0 Å². The average Bonchev–Trinajstić information content (AvgIpc) is 2.72. The Labute approximate surface area is 176 Å². The minimum atomic E-state index is -0.457. The van der Waals surface area contributed by atoms with Gasteiger partial charge in [-0.15, -0.1) is 0 Å². The highest BCUT2D eigenvalue weighted by atomic mass is 16.3. The largest absolute Gasteiger partial charge is 0.398 e. The zero-order valence-electron chi connectivity index (χ0n) is 18.7. The summed E-state index contributed by atoms with van der Waals surface area (Å²) in [6.07, 6.45) is 5.45. The van der Waals surface area contributed by atoms with E-state index in [-0.39, 0.29) is 11.8 Å². The molecule has 3 rings (SSSR count). The number of aryl methyl sites for hydroxylation is 2. The van der Waals surface area contributed by atoms with E-state index in [2.05, 4.69) is 28.9 Å². The first-order valence-corrected chi connectivity index (χ1v) is 11.3. The minimum Gasteiger partial charge on any atom is -0.398 e. The van der Waals surface area contributed by atoms with Crippen LogP contribution in [-0.2, 0) is 11.2 Å². The molecule has 0 aromatic heterocycles. The van der Waals surface area contributed by atoms with Gasteiger partial charge in [-0.05, 0) is 69.1 Å². The van der Waals surface area contributed by atoms with Crippen molar-refractivity contribution in [2.45, 2.75) is 77.9 Å². The van der Waals surface area contributed by atoms with Gasteiger partial charge in [0.05, 0.1) is 5.60 Å². The predicted octanol–water partition coefficient (Wildman–Crippen LogP) is 3.29. The van der Waals surface area contributed by atoms with Crippen molar-refractivity contribution in [3.63, 3.8) is 0 Å². The minimum absolute atomic E-state index is 0.0106. The van der Waals surface area contributed by atoms with Crippen LogP contribution in [0, 0.1) is 19.8 Å². The number of likely N-dealkylation sites (tertiary alicyclic amines) is 2. The maximum Gasteiger partial charge on any atom is 0.225 e. The van der Waals surface area contributed by atoms with Crippen molar-refractivity contribution in [1.82, 2.24) is 9.80 Å². The number of amides is 1. The summed E-state index contributed by atoms with van der Waals surface area (Å²) in [5.41, 5.74) is 9.84. The molecule has 3 N–H and O–H groups in total. The number of nitrogens with zero attached hydrogens (tertiary/aromatic N) is 2. The van der Waals surface area contributed by atoms with E-state index in [9.17, 15) is 9.90 Å². The van der Waals surface area contributed by atoms with E-state index >= 15 is 0 Å². The molecular weight excluding hydrogens is 362 g/mol. The van der Waals surface area contributed by atoms with Gasteiger partial charge < -0.3 is 20.6 Å². The Morgan fingerprint density at radius 1 is 1.17 bits per heavy atom. The number of nitrogen functional groups attached to an aromatic ring is 1. The first kappa shape index (κ1) is 22.1. The summed E-state index contributed by atoms with van der Waals surface area (Å²) in [5, 5.41) is 10.5. The van der Waals surface area contributed by atoms with Crippen molar-refractivity contribution < 1.29 is 9.90 Å². The van der Waals surface area contributed by atoms with Gasteiger partial charge in [0.1, 0.15) is 0 Å². The van der Waals surface area contributed by atoms with Gasteiger partial charge in [-0.1, -0.05) is 26.0 Å². The van der Waals surface area contributed by atoms with Gasteiger partial charge in [0.25, 0.3) is 0 Å². The molecule has 0 radical (unpaired) electrons. The fourth-order valence-electron chi connectivity index (χ4n) is 5.05. The van der Waals surface area contributed by atoms with E-state index < -0.39 is 5.60 Å². The van der Waals surface area contributed by atoms with Gasteiger partial charge >= 0.3 is 0 Å². The number of hydrogen-bond acceptors (Lipinski definition) is 4. The average molecular weight is 402 g/mol. The quantitative estimate of drug-likeness (QED) is 0.743. The number of carbonyl (C=O) groups excluding carboxylic acids is 1. The van der Waals surface area contributed by atoms with E-state index in [4.69, 9.17) is 5.73 Å². The number of rotatable bonds is 5. The number of carbonyl (C=O) groups is 1. The van der Waals surface area contributed by atoms with Crippen LogP contribution in [0.4, 0.5) is 5.69 Å². The smallest absolute Gasteiger partial charge is 0.225 e. The lowest BCUT2D eigenvalue weighted by Crippen LogP contribution is -2.52. The van der Waals surface area contributed by atoms with Crippen molar-refractivity contribution in [2.75, 3.05) is 31.9 Å². The van der Waals surface area contributed by atoms with Crippen molar-refractivity contribution in [1.29, 1.82) is 0 Å². The van der Waals surface area contributed by atoms with E-state index in [0.29, 0.717) is 6.04 Å². The first-order chi connectivity index (χ1) is 13.7. The van der Waals surface area contributed by atoms with Crippen molar-refractivity contribution in [3.05, 3.63) is 28.8 Å². The Kier molecular flexibility index (Phi) is 6.90. The second-order valence-corrected chi connectivity index (χ2v) is 9.42. The van der Waals surface area contributed by atoms with Crippen LogP contribution in [0.1, 0.15) is 62.6 Å². The van der Waals surface area contributed by atoms with Gasteiger partial charge in [-0.2, -0.15) is 0 Å².